The SMILES string of the molecule is CNc1nc(-c2cccc(NC(=O)c3cccc(C(=O)NC(C)C)c3)c2)c2cc(CO)c(OC)cc2n1. The standard InChI is InChI=1S/C28H29N5O4/c1-16(2)30-26(35)18-8-5-9-19(11-18)27(36)31-21-10-6-7-17(12-21)25-22-13-20(15-34)24(37-4)14-23(22)32-28(29-3)33-25/h5-14,16,34H,15H2,1-4H3,(H,30,35)(H,31,36)(H,29,32,33). The molecule has 0 saturated carbocycles. The number of aliphatic hydroxyl groups excluding tert-OH is 1. The summed E-state index contributed by atoms with van der Waals surface area (Å²) in [7, 11) is 3.27. The summed E-state index contributed by atoms with van der Waals surface area (Å²) in [5.74, 6) is 0.382. The Labute approximate surface area is 214 Å². The van der Waals surface area contributed by atoms with Crippen LogP contribution < -0.4 is 20.7 Å². The van der Waals surface area contributed by atoms with E-state index in [-0.39, 0.29) is 24.5 Å². The van der Waals surface area contributed by atoms with E-state index in [1.807, 2.05) is 38.1 Å². The van der Waals surface area contributed by atoms with Gasteiger partial charge in [-0.05, 0) is 50.2 Å². The molecule has 0 unspecified atom stereocenters. The fourth-order valence-electron chi connectivity index (χ4n) is 3.94. The topological polar surface area (TPSA) is 125 Å². The number of hydrogen-bond donors (Lipinski definition) is 4. The number of aromatic nitrogens is 2. The molecule has 37 heavy (non-hydrogen) atoms. The molecule has 9 heteroatoms. The first-order valence-corrected chi connectivity index (χ1v) is 11.8. The first-order valence-electron chi connectivity index (χ1n) is 11.8. The molecule has 0 radical (unpaired) electrons. The van der Waals surface area contributed by atoms with Gasteiger partial charge in [0.05, 0.1) is 24.9 Å². The van der Waals surface area contributed by atoms with Crippen LogP contribution in [-0.2, 0) is 6.61 Å². The van der Waals surface area contributed by atoms with Crippen molar-refractivity contribution in [3.63, 3.8) is 0 Å². The van der Waals surface area contributed by atoms with Crippen LogP contribution in [0, 0.1) is 0 Å². The summed E-state index contributed by atoms with van der Waals surface area (Å²) >= 11 is 0. The molecule has 1 aromatic heterocycles. The lowest BCUT2D eigenvalue weighted by Gasteiger charge is -2.13. The van der Waals surface area contributed by atoms with Gasteiger partial charge < -0.3 is 25.8 Å². The zero-order chi connectivity index (χ0) is 26.5. The van der Waals surface area contributed by atoms with Crippen molar-refractivity contribution in [1.29, 1.82) is 0 Å². The third kappa shape index (κ3) is 5.68. The van der Waals surface area contributed by atoms with E-state index in [1.165, 1.54) is 0 Å². The van der Waals surface area contributed by atoms with E-state index in [9.17, 15) is 14.7 Å². The number of aliphatic hydroxyl groups is 1. The Bertz CT molecular complexity index is 1470. The first kappa shape index (κ1) is 25.6. The molecule has 1 heterocycles. The van der Waals surface area contributed by atoms with Crippen molar-refractivity contribution in [1.82, 2.24) is 15.3 Å². The Hall–Kier alpha value is -4.50. The van der Waals surface area contributed by atoms with E-state index < -0.39 is 0 Å². The van der Waals surface area contributed by atoms with Gasteiger partial charge in [0.25, 0.3) is 11.8 Å². The molecule has 0 saturated heterocycles. The molecule has 0 atom stereocenters. The van der Waals surface area contributed by atoms with Crippen LogP contribution in [0.4, 0.5) is 11.6 Å². The minimum absolute atomic E-state index is 0.0106. The number of methoxy groups -OCH3 is 1. The monoisotopic (exact) mass is 499 g/mol. The van der Waals surface area contributed by atoms with Crippen LogP contribution in [0.15, 0.2) is 60.7 Å². The third-order valence-corrected chi connectivity index (χ3v) is 5.69. The van der Waals surface area contributed by atoms with Gasteiger partial charge in [-0.3, -0.25) is 9.59 Å². The van der Waals surface area contributed by atoms with Gasteiger partial charge in [0.1, 0.15) is 5.75 Å². The van der Waals surface area contributed by atoms with Gasteiger partial charge >= 0.3 is 0 Å². The summed E-state index contributed by atoms with van der Waals surface area (Å²) in [5, 5.41) is 19.3. The van der Waals surface area contributed by atoms with Crippen molar-refractivity contribution in [2.24, 2.45) is 0 Å². The predicted octanol–water partition coefficient (Wildman–Crippen LogP) is 4.23. The van der Waals surface area contributed by atoms with Crippen LogP contribution in [-0.4, -0.2) is 47.1 Å². The molecule has 0 spiro atoms. The number of ether oxygens (including phenoxy) is 1. The van der Waals surface area contributed by atoms with E-state index in [0.717, 1.165) is 10.9 Å². The zero-order valence-corrected chi connectivity index (χ0v) is 21.1. The number of amides is 2. The summed E-state index contributed by atoms with van der Waals surface area (Å²) in [6.45, 7) is 3.56. The second kappa shape index (κ2) is 11.0. The van der Waals surface area contributed by atoms with Gasteiger partial charge in [0.2, 0.25) is 5.95 Å². The van der Waals surface area contributed by atoms with Crippen LogP contribution in [0.5, 0.6) is 5.75 Å². The van der Waals surface area contributed by atoms with E-state index >= 15 is 0 Å². The highest BCUT2D eigenvalue weighted by molar-refractivity contribution is 6.06. The molecule has 2 amide bonds. The van der Waals surface area contributed by atoms with Crippen molar-refractivity contribution in [2.45, 2.75) is 26.5 Å². The van der Waals surface area contributed by atoms with Crippen LogP contribution >= 0.6 is 0 Å². The van der Waals surface area contributed by atoms with Gasteiger partial charge in [-0.2, -0.15) is 0 Å². The van der Waals surface area contributed by atoms with Crippen LogP contribution in [0.25, 0.3) is 22.2 Å². The average Bonchev–Trinajstić information content (AvgIpc) is 2.91. The first-order chi connectivity index (χ1) is 17.8. The normalized spacial score (nSPS) is 10.9. The van der Waals surface area contributed by atoms with Crippen molar-refractivity contribution in [2.75, 3.05) is 24.8 Å². The fraction of sp³-hybridized carbons (Fsp3) is 0.214. The summed E-state index contributed by atoms with van der Waals surface area (Å²) < 4.78 is 5.40. The zero-order valence-electron chi connectivity index (χ0n) is 21.1. The summed E-state index contributed by atoms with van der Waals surface area (Å²) in [5.41, 5.74) is 3.99. The molecule has 4 N–H and O–H groups in total. The maximum atomic E-state index is 13.0. The lowest BCUT2D eigenvalue weighted by molar-refractivity contribution is 0.0943. The number of nitrogens with one attached hydrogen (secondary N) is 3. The minimum atomic E-state index is -0.341. The third-order valence-electron chi connectivity index (χ3n) is 5.69. The number of carbonyl (C=O) groups excluding carboxylic acids is 2. The quantitative estimate of drug-likeness (QED) is 0.286. The van der Waals surface area contributed by atoms with Crippen LogP contribution in [0.1, 0.15) is 40.1 Å². The number of nitrogens with zero attached hydrogens (tertiary/aromatic N) is 2. The minimum Gasteiger partial charge on any atom is -0.496 e. The molecule has 0 aliphatic heterocycles. The summed E-state index contributed by atoms with van der Waals surface area (Å²) in [6.07, 6.45) is 0. The Morgan fingerprint density at radius 3 is 2.38 bits per heavy atom. The molecule has 190 valence electrons. The van der Waals surface area contributed by atoms with Gasteiger partial charge in [-0.25, -0.2) is 9.97 Å². The van der Waals surface area contributed by atoms with Crippen molar-refractivity contribution in [3.05, 3.63) is 77.4 Å². The maximum absolute atomic E-state index is 13.0. The number of fused-ring (bicyclic) bond motifs is 1. The van der Waals surface area contributed by atoms with E-state index in [4.69, 9.17) is 4.74 Å². The number of carbonyl (C=O) groups is 2. The number of benzene rings is 3. The largest absolute Gasteiger partial charge is 0.496 e. The highest BCUT2D eigenvalue weighted by atomic mass is 16.5. The Balaban J connectivity index is 1.68. The van der Waals surface area contributed by atoms with Crippen LogP contribution in [0.2, 0.25) is 0 Å². The van der Waals surface area contributed by atoms with Gasteiger partial charge in [0.15, 0.2) is 0 Å². The number of anilines is 2. The second-order valence-corrected chi connectivity index (χ2v) is 8.73. The van der Waals surface area contributed by atoms with Crippen molar-refractivity contribution in [3.8, 4) is 17.0 Å². The van der Waals surface area contributed by atoms with E-state index in [2.05, 4.69) is 25.9 Å². The molecular weight excluding hydrogens is 470 g/mol. The lowest BCUT2D eigenvalue weighted by atomic mass is 10.0. The molecule has 3 aromatic carbocycles. The predicted molar refractivity (Wildman–Crippen MR) is 144 cm³/mol. The molecule has 4 rings (SSSR count). The van der Waals surface area contributed by atoms with Gasteiger partial charge in [0, 0.05) is 52.5 Å². The van der Waals surface area contributed by atoms with E-state index in [1.54, 1.807) is 50.6 Å². The highest BCUT2D eigenvalue weighted by Gasteiger charge is 2.15. The number of hydrogen-bond acceptors (Lipinski definition) is 7. The van der Waals surface area contributed by atoms with Crippen LogP contribution in [0.3, 0.4) is 0 Å². The molecule has 0 fully saturated rings. The molecular formula is C28H29N5O4. The Morgan fingerprint density at radius 1 is 0.973 bits per heavy atom. The van der Waals surface area contributed by atoms with E-state index in [0.29, 0.717) is 45.3 Å². The lowest BCUT2D eigenvalue weighted by Crippen LogP contribution is -2.30. The summed E-state index contributed by atoms with van der Waals surface area (Å²) in [4.78, 5) is 34.5. The van der Waals surface area contributed by atoms with Gasteiger partial charge in [-0.1, -0.05) is 18.2 Å². The Kier molecular flexibility index (Phi) is 7.64. The smallest absolute Gasteiger partial charge is 0.255 e. The maximum Gasteiger partial charge on any atom is 0.255 e. The number of rotatable bonds is 8. The Morgan fingerprint density at radius 2 is 1.70 bits per heavy atom. The molecule has 0 aliphatic rings. The molecule has 0 bridgehead atoms. The second-order valence-electron chi connectivity index (χ2n) is 8.73. The van der Waals surface area contributed by atoms with Crippen molar-refractivity contribution >= 4 is 34.4 Å². The molecule has 9 nitrogen and oxygen atoms in total. The average molecular weight is 500 g/mol. The molecule has 0 aliphatic carbocycles. The van der Waals surface area contributed by atoms with Crippen molar-refractivity contribution < 1.29 is 19.4 Å². The van der Waals surface area contributed by atoms with Gasteiger partial charge in [-0.15, -0.1) is 0 Å². The summed E-state index contributed by atoms with van der Waals surface area (Å²) in [6, 6.07) is 17.4. The fourth-order valence-corrected chi connectivity index (χ4v) is 3.94. The molecule has 4 aromatic rings. The highest BCUT2D eigenvalue weighted by Crippen LogP contribution is 2.33.